The zero-order chi connectivity index (χ0) is 20.5. The maximum Gasteiger partial charge on any atom is 0.511 e. The van der Waals surface area contributed by atoms with Gasteiger partial charge in [0.05, 0.1) is 6.61 Å². The number of rotatable bonds is 8. The van der Waals surface area contributed by atoms with Crippen LogP contribution in [0.1, 0.15) is 39.5 Å². The zero-order valence-corrected chi connectivity index (χ0v) is 19.1. The maximum atomic E-state index is 12.6. The van der Waals surface area contributed by atoms with Crippen LogP contribution in [0, 0.1) is 0 Å². The van der Waals surface area contributed by atoms with Gasteiger partial charge in [-0.3, -0.25) is 9.79 Å². The van der Waals surface area contributed by atoms with Crippen molar-refractivity contribution in [3.8, 4) is 0 Å². The van der Waals surface area contributed by atoms with Crippen LogP contribution in [0.3, 0.4) is 0 Å². The van der Waals surface area contributed by atoms with E-state index in [0.717, 1.165) is 0 Å². The van der Waals surface area contributed by atoms with Gasteiger partial charge in [0.25, 0.3) is 0 Å². The van der Waals surface area contributed by atoms with Gasteiger partial charge < -0.3 is 15.4 Å². The van der Waals surface area contributed by atoms with Crippen molar-refractivity contribution in [3.05, 3.63) is 0 Å². The van der Waals surface area contributed by atoms with Crippen LogP contribution in [0.15, 0.2) is 4.99 Å². The van der Waals surface area contributed by atoms with Gasteiger partial charge in [-0.15, -0.1) is 24.0 Å². The lowest BCUT2D eigenvalue weighted by Gasteiger charge is -2.32. The van der Waals surface area contributed by atoms with E-state index in [1.54, 1.807) is 6.92 Å². The molecule has 8 nitrogen and oxygen atoms in total. The number of halogens is 4. The van der Waals surface area contributed by atoms with Crippen LogP contribution < -0.4 is 10.6 Å². The number of sulfonamides is 1. The average Bonchev–Trinajstić information content (AvgIpc) is 2.58. The van der Waals surface area contributed by atoms with E-state index >= 15 is 0 Å². The van der Waals surface area contributed by atoms with E-state index in [2.05, 4.69) is 15.6 Å². The van der Waals surface area contributed by atoms with Gasteiger partial charge in [0, 0.05) is 38.6 Å². The van der Waals surface area contributed by atoms with Crippen LogP contribution in [-0.4, -0.2) is 69.0 Å². The van der Waals surface area contributed by atoms with E-state index in [4.69, 9.17) is 4.74 Å². The van der Waals surface area contributed by atoms with Crippen LogP contribution in [0.5, 0.6) is 0 Å². The summed E-state index contributed by atoms with van der Waals surface area (Å²) in [5, 5.41) is 6.12. The molecule has 0 aromatic rings. The van der Waals surface area contributed by atoms with Crippen LogP contribution in [0.25, 0.3) is 0 Å². The molecule has 28 heavy (non-hydrogen) atoms. The van der Waals surface area contributed by atoms with Crippen molar-refractivity contribution in [2.45, 2.75) is 51.1 Å². The molecule has 1 heterocycles. The van der Waals surface area contributed by atoms with Crippen LogP contribution in [0.4, 0.5) is 13.2 Å². The third kappa shape index (κ3) is 8.68. The van der Waals surface area contributed by atoms with Crippen molar-refractivity contribution in [3.63, 3.8) is 0 Å². The molecule has 0 amide bonds. The summed E-state index contributed by atoms with van der Waals surface area (Å²) in [6.07, 6.45) is 1.24. The number of hydrogen-bond donors (Lipinski definition) is 2. The first-order chi connectivity index (χ1) is 12.6. The molecule has 0 aromatic carbocycles. The summed E-state index contributed by atoms with van der Waals surface area (Å²) in [4.78, 5) is 15.6. The normalized spacial score (nSPS) is 17.0. The number of ether oxygens (including phenoxy) is 1. The number of nitrogens with one attached hydrogen (secondary N) is 2. The molecule has 1 aliphatic rings. The molecular weight excluding hydrogens is 516 g/mol. The number of nitrogens with zero attached hydrogens (tertiary/aromatic N) is 2. The Morgan fingerprint density at radius 1 is 1.25 bits per heavy atom. The van der Waals surface area contributed by atoms with Crippen molar-refractivity contribution < 1.29 is 31.1 Å². The van der Waals surface area contributed by atoms with Gasteiger partial charge in [0.15, 0.2) is 5.96 Å². The molecule has 166 valence electrons. The van der Waals surface area contributed by atoms with E-state index in [-0.39, 0.29) is 68.3 Å². The summed E-state index contributed by atoms with van der Waals surface area (Å²) < 4.78 is 65.9. The molecule has 1 rings (SSSR count). The summed E-state index contributed by atoms with van der Waals surface area (Å²) in [7, 11) is -5.28. The molecule has 0 radical (unpaired) electrons. The molecule has 2 N–H and O–H groups in total. The maximum absolute atomic E-state index is 12.6. The Kier molecular flexibility index (Phi) is 12.3. The SMILES string of the molecule is CCNC(=NCCCC(=O)OCC)NC1CCN(S(=O)(=O)C(F)(F)F)CC1.I. The quantitative estimate of drug-likeness (QED) is 0.159. The fourth-order valence-corrected chi connectivity index (χ4v) is 3.53. The third-order valence-electron chi connectivity index (χ3n) is 3.89. The monoisotopic (exact) mass is 544 g/mol. The van der Waals surface area contributed by atoms with Crippen LogP contribution >= 0.6 is 24.0 Å². The molecule has 0 bridgehead atoms. The Bertz CT molecular complexity index is 609. The Balaban J connectivity index is 0.00000729. The summed E-state index contributed by atoms with van der Waals surface area (Å²) in [5.74, 6) is 0.197. The first-order valence-electron chi connectivity index (χ1n) is 8.88. The second-order valence-electron chi connectivity index (χ2n) is 5.94. The molecule has 0 saturated carbocycles. The Hall–Kier alpha value is -0.830. The molecule has 0 unspecified atom stereocenters. The number of hydrogen-bond acceptors (Lipinski definition) is 5. The van der Waals surface area contributed by atoms with Crippen molar-refractivity contribution >= 4 is 45.9 Å². The van der Waals surface area contributed by atoms with Crippen LogP contribution in [-0.2, 0) is 19.6 Å². The largest absolute Gasteiger partial charge is 0.511 e. The molecule has 1 aliphatic heterocycles. The van der Waals surface area contributed by atoms with Gasteiger partial charge in [-0.25, -0.2) is 8.42 Å². The second-order valence-corrected chi connectivity index (χ2v) is 7.87. The Morgan fingerprint density at radius 2 is 1.86 bits per heavy atom. The van der Waals surface area contributed by atoms with Gasteiger partial charge in [0.2, 0.25) is 0 Å². The molecule has 0 spiro atoms. The highest BCUT2D eigenvalue weighted by Crippen LogP contribution is 2.28. The number of guanidine groups is 1. The molecule has 0 aliphatic carbocycles. The number of esters is 1. The number of aliphatic imine (C=N–C) groups is 1. The van der Waals surface area contributed by atoms with E-state index in [0.29, 0.717) is 36.4 Å². The minimum Gasteiger partial charge on any atom is -0.466 e. The van der Waals surface area contributed by atoms with Crippen molar-refractivity contribution in [2.75, 3.05) is 32.8 Å². The molecule has 13 heteroatoms. The minimum absolute atomic E-state index is 0. The molecule has 1 saturated heterocycles. The molecule has 0 aromatic heterocycles. The summed E-state index contributed by atoms with van der Waals surface area (Å²) in [6, 6.07) is -0.187. The smallest absolute Gasteiger partial charge is 0.466 e. The second kappa shape index (κ2) is 12.7. The van der Waals surface area contributed by atoms with E-state index in [1.807, 2.05) is 6.92 Å². The van der Waals surface area contributed by atoms with E-state index in [1.165, 1.54) is 0 Å². The zero-order valence-electron chi connectivity index (χ0n) is 15.9. The fourth-order valence-electron chi connectivity index (χ4n) is 2.55. The van der Waals surface area contributed by atoms with Crippen molar-refractivity contribution in [2.24, 2.45) is 4.99 Å². The minimum atomic E-state index is -5.28. The average molecular weight is 544 g/mol. The fraction of sp³-hybridized carbons (Fsp3) is 0.867. The lowest BCUT2D eigenvalue weighted by atomic mass is 10.1. The van der Waals surface area contributed by atoms with Gasteiger partial charge in [-0.1, -0.05) is 0 Å². The van der Waals surface area contributed by atoms with Gasteiger partial charge in [-0.05, 0) is 33.1 Å². The standard InChI is InChI=1S/C15H27F3N4O4S.HI/c1-3-19-14(20-9-5-6-13(23)26-4-2)21-12-7-10-22(11-8-12)27(24,25)15(16,17)18;/h12H,3-11H2,1-2H3,(H2,19,20,21);1H. The Morgan fingerprint density at radius 3 is 2.36 bits per heavy atom. The van der Waals surface area contributed by atoms with Gasteiger partial charge >= 0.3 is 21.5 Å². The van der Waals surface area contributed by atoms with E-state index < -0.39 is 15.5 Å². The third-order valence-corrected chi connectivity index (χ3v) is 5.52. The van der Waals surface area contributed by atoms with Gasteiger partial charge in [-0.2, -0.15) is 17.5 Å². The van der Waals surface area contributed by atoms with Crippen molar-refractivity contribution in [1.82, 2.24) is 14.9 Å². The van der Waals surface area contributed by atoms with Crippen molar-refractivity contribution in [1.29, 1.82) is 0 Å². The highest BCUT2D eigenvalue weighted by atomic mass is 127. The lowest BCUT2D eigenvalue weighted by Crippen LogP contribution is -2.51. The predicted molar refractivity (Wildman–Crippen MR) is 110 cm³/mol. The molecular formula is C15H28F3IN4O4S. The number of alkyl halides is 3. The summed E-state index contributed by atoms with van der Waals surface area (Å²) in [5.41, 5.74) is -5.28. The first kappa shape index (κ1) is 27.2. The lowest BCUT2D eigenvalue weighted by molar-refractivity contribution is -0.143. The number of piperidine rings is 1. The van der Waals surface area contributed by atoms with E-state index in [9.17, 15) is 26.4 Å². The highest BCUT2D eigenvalue weighted by molar-refractivity contribution is 14.0. The van der Waals surface area contributed by atoms with Crippen LogP contribution in [0.2, 0.25) is 0 Å². The summed E-state index contributed by atoms with van der Waals surface area (Å²) >= 11 is 0. The highest BCUT2D eigenvalue weighted by Gasteiger charge is 2.50. The topological polar surface area (TPSA) is 100 Å². The molecule has 1 fully saturated rings. The molecule has 0 atom stereocenters. The predicted octanol–water partition coefficient (Wildman–Crippen LogP) is 1.82. The first-order valence-corrected chi connectivity index (χ1v) is 10.3. The van der Waals surface area contributed by atoms with Gasteiger partial charge in [0.1, 0.15) is 0 Å². The Labute approximate surface area is 180 Å². The number of carbonyl (C=O) groups excluding carboxylic acids is 1. The summed E-state index contributed by atoms with van der Waals surface area (Å²) in [6.45, 7) is 4.49. The number of carbonyl (C=O) groups is 1.